The van der Waals surface area contributed by atoms with Crippen molar-refractivity contribution in [1.29, 1.82) is 0 Å². The molecule has 0 heterocycles. The van der Waals surface area contributed by atoms with E-state index in [1.165, 1.54) is 0 Å². The summed E-state index contributed by atoms with van der Waals surface area (Å²) in [6.45, 7) is 3.04. The van der Waals surface area contributed by atoms with E-state index in [2.05, 4.69) is 25.8 Å². The molecule has 2 rings (SSSR count). The van der Waals surface area contributed by atoms with Crippen molar-refractivity contribution >= 4 is 35.5 Å². The molecule has 0 aliphatic heterocycles. The van der Waals surface area contributed by atoms with E-state index < -0.39 is 0 Å². The van der Waals surface area contributed by atoms with E-state index >= 15 is 0 Å². The van der Waals surface area contributed by atoms with E-state index in [9.17, 15) is 0 Å². The molecule has 0 amide bonds. The first kappa shape index (κ1) is 29.0. The van der Waals surface area contributed by atoms with Gasteiger partial charge in [-0.1, -0.05) is 6.07 Å². The zero-order chi connectivity index (χ0) is 17.8. The van der Waals surface area contributed by atoms with Crippen molar-refractivity contribution in [1.82, 2.24) is 0 Å². The second kappa shape index (κ2) is 17.9. The molecule has 0 unspecified atom stereocenters. The van der Waals surface area contributed by atoms with Crippen LogP contribution in [0.5, 0.6) is 0 Å². The van der Waals surface area contributed by atoms with Gasteiger partial charge in [-0.15, -0.1) is 0 Å². The van der Waals surface area contributed by atoms with Crippen LogP contribution in [0.4, 0.5) is 11.4 Å². The van der Waals surface area contributed by atoms with Gasteiger partial charge in [0.15, 0.2) is 0 Å². The Morgan fingerprint density at radius 1 is 0.962 bits per heavy atom. The molecule has 6 nitrogen and oxygen atoms in total. The maximum absolute atomic E-state index is 8.26. The Balaban J connectivity index is 0. The van der Waals surface area contributed by atoms with Gasteiger partial charge in [0.05, 0.1) is 24.1 Å². The van der Waals surface area contributed by atoms with Crippen LogP contribution in [0.1, 0.15) is 6.92 Å². The van der Waals surface area contributed by atoms with Gasteiger partial charge >= 0.3 is 0 Å². The van der Waals surface area contributed by atoms with Gasteiger partial charge in [0, 0.05) is 107 Å². The van der Waals surface area contributed by atoms with Crippen LogP contribution in [-0.2, 0) is 74.1 Å². The van der Waals surface area contributed by atoms with Gasteiger partial charge in [0.1, 0.15) is 0 Å². The van der Waals surface area contributed by atoms with E-state index in [0.29, 0.717) is 0 Å². The fourth-order valence-corrected chi connectivity index (χ4v) is 2.44. The van der Waals surface area contributed by atoms with Crippen LogP contribution in [0.15, 0.2) is 58.3 Å². The van der Waals surface area contributed by atoms with Crippen molar-refractivity contribution in [2.24, 2.45) is 0 Å². The van der Waals surface area contributed by atoms with Gasteiger partial charge in [-0.2, -0.15) is 8.67 Å². The maximum atomic E-state index is 8.26. The molecule has 2 radical (unpaired) electrons. The second-order valence-electron chi connectivity index (χ2n) is 4.60. The molecule has 0 spiro atoms. The summed E-state index contributed by atoms with van der Waals surface area (Å²) in [5.41, 5.74) is 2.15. The molecule has 0 bridgehead atoms. The molecule has 3 N–H and O–H groups in total. The van der Waals surface area contributed by atoms with Crippen molar-refractivity contribution in [2.75, 3.05) is 30.9 Å². The Kier molecular flexibility index (Phi) is 19.9. The molecule has 0 atom stereocenters. The summed E-state index contributed by atoms with van der Waals surface area (Å²) < 4.78 is 7.89. The van der Waals surface area contributed by atoms with Crippen molar-refractivity contribution in [3.8, 4) is 0 Å². The molecule has 2 aromatic carbocycles. The molecule has 138 valence electrons. The van der Waals surface area contributed by atoms with Crippen LogP contribution < -0.4 is 10.2 Å². The number of nitrogens with zero attached hydrogens (tertiary/aromatic N) is 1. The summed E-state index contributed by atoms with van der Waals surface area (Å²) in [7, 11) is 3.87. The van der Waals surface area contributed by atoms with E-state index in [-0.39, 0.29) is 65.4 Å². The molecule has 2 aromatic rings. The van der Waals surface area contributed by atoms with Gasteiger partial charge in [0.25, 0.3) is 0 Å². The van der Waals surface area contributed by atoms with Gasteiger partial charge in [-0.3, -0.25) is 0 Å². The van der Waals surface area contributed by atoms with Crippen LogP contribution in [0.3, 0.4) is 0 Å². The summed E-state index contributed by atoms with van der Waals surface area (Å²) in [6.07, 6.45) is 0. The first-order chi connectivity index (χ1) is 11.6. The van der Waals surface area contributed by atoms with Gasteiger partial charge in [0.2, 0.25) is 0 Å². The van der Waals surface area contributed by atoms with Gasteiger partial charge in [-0.25, -0.2) is 10.5 Å². The van der Waals surface area contributed by atoms with Crippen molar-refractivity contribution in [3.63, 3.8) is 0 Å². The maximum Gasteiger partial charge on any atom is 0.0680 e. The summed E-state index contributed by atoms with van der Waals surface area (Å²) in [4.78, 5) is 3.87. The molecule has 0 fully saturated rings. The third-order valence-corrected chi connectivity index (χ3v) is 4.20. The summed E-state index contributed by atoms with van der Waals surface area (Å²) in [5.74, 6) is 0. The largest absolute Gasteiger partial charge is 0.388 e. The monoisotopic (exact) mass is 548 g/mol. The number of anilines is 2. The number of hydrogen-bond acceptors (Lipinski definition) is 8. The van der Waals surface area contributed by atoms with Crippen LogP contribution in [-0.4, -0.2) is 31.2 Å². The van der Waals surface area contributed by atoms with Gasteiger partial charge in [-0.05, 0) is 49.4 Å². The minimum atomic E-state index is 0. The first-order valence-electron chi connectivity index (χ1n) is 7.19. The molecule has 0 saturated heterocycles. The van der Waals surface area contributed by atoms with Crippen molar-refractivity contribution < 1.29 is 84.6 Å². The second-order valence-corrected chi connectivity index (χ2v) is 6.18. The average Bonchev–Trinajstić information content (AvgIpc) is 2.63. The smallest absolute Gasteiger partial charge is 0.0680 e. The minimum absolute atomic E-state index is 0. The van der Waals surface area contributed by atoms with Gasteiger partial charge < -0.3 is 10.2 Å². The number of hydrogen-bond donors (Lipinski definition) is 3. The third kappa shape index (κ3) is 11.6. The summed E-state index contributed by atoms with van der Waals surface area (Å²) in [5, 5.41) is 19.3. The fourth-order valence-electron chi connectivity index (χ4n) is 1.72. The molecule has 0 saturated carbocycles. The Hall–Kier alpha value is 0.788. The molecular weight excluding hydrogens is 526 g/mol. The van der Waals surface area contributed by atoms with E-state index in [1.807, 2.05) is 62.6 Å². The zero-order valence-corrected chi connectivity index (χ0v) is 22.3. The number of rotatable bonds is 7. The minimum Gasteiger partial charge on any atom is -0.388 e. The Bertz CT molecular complexity index is 595. The van der Waals surface area contributed by atoms with Crippen LogP contribution in [0.2, 0.25) is 0 Å². The van der Waals surface area contributed by atoms with E-state index in [4.69, 9.17) is 10.5 Å². The molecule has 0 aromatic heterocycles. The Labute approximate surface area is 213 Å². The Morgan fingerprint density at radius 3 is 2.04 bits per heavy atom. The number of nitrogens with one attached hydrogen (secondary N) is 1. The van der Waals surface area contributed by atoms with Crippen LogP contribution in [0, 0.1) is 0 Å². The molecule has 0 aliphatic rings. The van der Waals surface area contributed by atoms with Crippen LogP contribution >= 0.6 is 24.1 Å². The molecular formula is C16H22N2O4S2Y2. The SMILES string of the molecule is CCN(C)c1cccc(SOO)c1.CNc1ccc(SOO)cc1.[Y].[Y]. The zero-order valence-electron chi connectivity index (χ0n) is 15.0. The normalized spacial score (nSPS) is 9.12. The first-order valence-corrected chi connectivity index (χ1v) is 8.68. The average molecular weight is 548 g/mol. The third-order valence-electron chi connectivity index (χ3n) is 3.14. The predicted octanol–water partition coefficient (Wildman–Crippen LogP) is 4.86. The van der Waals surface area contributed by atoms with Crippen molar-refractivity contribution in [3.05, 3.63) is 48.5 Å². The summed E-state index contributed by atoms with van der Waals surface area (Å²) in [6, 6.07) is 15.3. The number of benzene rings is 2. The Morgan fingerprint density at radius 2 is 1.54 bits per heavy atom. The predicted molar refractivity (Wildman–Crippen MR) is 101 cm³/mol. The quantitative estimate of drug-likeness (QED) is 0.258. The molecule has 26 heavy (non-hydrogen) atoms. The van der Waals surface area contributed by atoms with E-state index in [1.54, 1.807) is 0 Å². The fraction of sp³-hybridized carbons (Fsp3) is 0.250. The summed E-state index contributed by atoms with van der Waals surface area (Å²) >= 11 is 1.87. The topological polar surface area (TPSA) is 74.2 Å². The van der Waals surface area contributed by atoms with Crippen LogP contribution in [0.25, 0.3) is 0 Å². The van der Waals surface area contributed by atoms with E-state index in [0.717, 1.165) is 51.8 Å². The standard InChI is InChI=1S/C9H13NO2S.C7H9NO2S.2Y/c1-3-10(2)8-5-4-6-9(7-8)13-12-11;1-8-6-2-4-7(5-3-6)11-10-9;;/h4-7,11H,3H2,1-2H3;2-5,8-9H,1H3;;. The van der Waals surface area contributed by atoms with Crippen molar-refractivity contribution in [2.45, 2.75) is 16.7 Å². The molecule has 10 heteroatoms. The molecule has 0 aliphatic carbocycles.